The minimum atomic E-state index is -0.161. The molecule has 0 aliphatic carbocycles. The van der Waals surface area contributed by atoms with E-state index in [1.165, 1.54) is 0 Å². The van der Waals surface area contributed by atoms with Crippen molar-refractivity contribution in [2.75, 3.05) is 13.2 Å². The molecule has 0 aromatic heterocycles. The molecule has 0 aliphatic rings. The van der Waals surface area contributed by atoms with Crippen LogP contribution >= 0.6 is 0 Å². The standard InChI is InChI=1S/C23H31NO4/c1-6-26-21-13-12-20(14-22(21)27-7-2)17(5)24-23(25)19-10-8-18(9-11-19)15-28-16(3)4/h8-14,16-17H,6-7,15H2,1-5H3,(H,24,25)/t17-/m0/s1. The van der Waals surface area contributed by atoms with E-state index >= 15 is 0 Å². The molecule has 0 fully saturated rings. The lowest BCUT2D eigenvalue weighted by Crippen LogP contribution is -2.26. The molecule has 5 nitrogen and oxygen atoms in total. The Balaban J connectivity index is 2.04. The van der Waals surface area contributed by atoms with Gasteiger partial charge in [0, 0.05) is 5.56 Å². The molecule has 0 saturated carbocycles. The first-order valence-electron chi connectivity index (χ1n) is 9.85. The number of nitrogens with one attached hydrogen (secondary N) is 1. The summed E-state index contributed by atoms with van der Waals surface area (Å²) in [5.41, 5.74) is 2.63. The molecule has 2 aromatic rings. The van der Waals surface area contributed by atoms with Crippen molar-refractivity contribution in [3.8, 4) is 11.5 Å². The van der Waals surface area contributed by atoms with Crippen molar-refractivity contribution in [1.82, 2.24) is 5.32 Å². The van der Waals surface area contributed by atoms with E-state index in [2.05, 4.69) is 5.32 Å². The number of hydrogen-bond donors (Lipinski definition) is 1. The lowest BCUT2D eigenvalue weighted by atomic mass is 10.1. The SMILES string of the molecule is CCOc1ccc([C@H](C)NC(=O)c2ccc(COC(C)C)cc2)cc1OCC. The zero-order valence-electron chi connectivity index (χ0n) is 17.5. The summed E-state index contributed by atoms with van der Waals surface area (Å²) >= 11 is 0. The van der Waals surface area contributed by atoms with Gasteiger partial charge in [0.15, 0.2) is 11.5 Å². The molecule has 1 N–H and O–H groups in total. The van der Waals surface area contributed by atoms with E-state index in [9.17, 15) is 4.79 Å². The fraction of sp³-hybridized carbons (Fsp3) is 0.435. The normalized spacial score (nSPS) is 11.9. The third-order valence-electron chi connectivity index (χ3n) is 4.21. The molecule has 152 valence electrons. The molecule has 1 amide bonds. The molecule has 0 heterocycles. The Morgan fingerprint density at radius 2 is 1.57 bits per heavy atom. The monoisotopic (exact) mass is 385 g/mol. The van der Waals surface area contributed by atoms with Crippen LogP contribution in [-0.4, -0.2) is 25.2 Å². The fourth-order valence-electron chi connectivity index (χ4n) is 2.72. The lowest BCUT2D eigenvalue weighted by molar-refractivity contribution is 0.0656. The van der Waals surface area contributed by atoms with E-state index in [1.54, 1.807) is 0 Å². The van der Waals surface area contributed by atoms with E-state index in [0.717, 1.165) is 11.1 Å². The maximum absolute atomic E-state index is 12.6. The summed E-state index contributed by atoms with van der Waals surface area (Å²) in [7, 11) is 0. The number of hydrogen-bond acceptors (Lipinski definition) is 4. The number of rotatable bonds is 10. The van der Waals surface area contributed by atoms with Crippen LogP contribution in [0.3, 0.4) is 0 Å². The van der Waals surface area contributed by atoms with E-state index < -0.39 is 0 Å². The van der Waals surface area contributed by atoms with Gasteiger partial charge in [-0.05, 0) is 70.0 Å². The van der Waals surface area contributed by atoms with E-state index in [0.29, 0.717) is 36.9 Å². The Kier molecular flexibility index (Phi) is 8.33. The molecule has 0 bridgehead atoms. The van der Waals surface area contributed by atoms with Crippen molar-refractivity contribution in [3.63, 3.8) is 0 Å². The maximum atomic E-state index is 12.6. The summed E-state index contributed by atoms with van der Waals surface area (Å²) in [5.74, 6) is 1.29. The molecular weight excluding hydrogens is 354 g/mol. The average Bonchev–Trinajstić information content (AvgIpc) is 2.68. The van der Waals surface area contributed by atoms with Gasteiger partial charge in [0.05, 0.1) is 32.0 Å². The molecule has 0 aliphatic heterocycles. The predicted octanol–water partition coefficient (Wildman–Crippen LogP) is 4.90. The highest BCUT2D eigenvalue weighted by molar-refractivity contribution is 5.94. The Morgan fingerprint density at radius 3 is 2.18 bits per heavy atom. The topological polar surface area (TPSA) is 56.8 Å². The maximum Gasteiger partial charge on any atom is 0.251 e. The van der Waals surface area contributed by atoms with Crippen LogP contribution in [0.15, 0.2) is 42.5 Å². The fourth-order valence-corrected chi connectivity index (χ4v) is 2.72. The minimum Gasteiger partial charge on any atom is -0.490 e. The van der Waals surface area contributed by atoms with E-state index in [1.807, 2.05) is 77.1 Å². The molecule has 0 radical (unpaired) electrons. The highest BCUT2D eigenvalue weighted by Gasteiger charge is 2.14. The largest absolute Gasteiger partial charge is 0.490 e. The first kappa shape index (κ1) is 21.8. The lowest BCUT2D eigenvalue weighted by Gasteiger charge is -2.18. The van der Waals surface area contributed by atoms with Gasteiger partial charge < -0.3 is 19.5 Å². The third-order valence-corrected chi connectivity index (χ3v) is 4.21. The predicted molar refractivity (Wildman–Crippen MR) is 111 cm³/mol. The number of carbonyl (C=O) groups is 1. The Hall–Kier alpha value is -2.53. The molecule has 0 saturated heterocycles. The van der Waals surface area contributed by atoms with Gasteiger partial charge in [-0.1, -0.05) is 18.2 Å². The van der Waals surface area contributed by atoms with Gasteiger partial charge in [-0.3, -0.25) is 4.79 Å². The molecule has 0 unspecified atom stereocenters. The zero-order valence-corrected chi connectivity index (χ0v) is 17.5. The molecular formula is C23H31NO4. The van der Waals surface area contributed by atoms with Gasteiger partial charge in [0.25, 0.3) is 5.91 Å². The summed E-state index contributed by atoms with van der Waals surface area (Å²) < 4.78 is 16.9. The van der Waals surface area contributed by atoms with E-state index in [-0.39, 0.29) is 18.1 Å². The highest BCUT2D eigenvalue weighted by atomic mass is 16.5. The molecule has 5 heteroatoms. The van der Waals surface area contributed by atoms with Gasteiger partial charge in [-0.2, -0.15) is 0 Å². The zero-order chi connectivity index (χ0) is 20.5. The molecule has 0 spiro atoms. The second-order valence-corrected chi connectivity index (χ2v) is 6.82. The van der Waals surface area contributed by atoms with Crippen LogP contribution in [0.1, 0.15) is 62.1 Å². The van der Waals surface area contributed by atoms with Crippen molar-refractivity contribution in [1.29, 1.82) is 0 Å². The second-order valence-electron chi connectivity index (χ2n) is 6.82. The Labute approximate surface area is 168 Å². The van der Waals surface area contributed by atoms with Crippen LogP contribution in [0.5, 0.6) is 11.5 Å². The van der Waals surface area contributed by atoms with Crippen LogP contribution < -0.4 is 14.8 Å². The number of ether oxygens (including phenoxy) is 3. The second kappa shape index (κ2) is 10.7. The van der Waals surface area contributed by atoms with Crippen molar-refractivity contribution in [2.45, 2.75) is 53.4 Å². The van der Waals surface area contributed by atoms with Gasteiger partial charge in [-0.25, -0.2) is 0 Å². The number of amides is 1. The van der Waals surface area contributed by atoms with Crippen LogP contribution in [0.25, 0.3) is 0 Å². The summed E-state index contributed by atoms with van der Waals surface area (Å²) in [5, 5.41) is 3.04. The Bertz CT molecular complexity index is 756. The summed E-state index contributed by atoms with van der Waals surface area (Å²) in [6.45, 7) is 11.5. The van der Waals surface area contributed by atoms with Gasteiger partial charge in [-0.15, -0.1) is 0 Å². The van der Waals surface area contributed by atoms with Gasteiger partial charge in [0.1, 0.15) is 0 Å². The van der Waals surface area contributed by atoms with Gasteiger partial charge >= 0.3 is 0 Å². The average molecular weight is 386 g/mol. The van der Waals surface area contributed by atoms with Crippen molar-refractivity contribution >= 4 is 5.91 Å². The van der Waals surface area contributed by atoms with E-state index in [4.69, 9.17) is 14.2 Å². The first-order valence-corrected chi connectivity index (χ1v) is 9.85. The third kappa shape index (κ3) is 6.27. The molecule has 2 aromatic carbocycles. The summed E-state index contributed by atoms with van der Waals surface area (Å²) in [6, 6.07) is 13.1. The number of carbonyl (C=O) groups excluding carboxylic acids is 1. The Morgan fingerprint density at radius 1 is 0.929 bits per heavy atom. The molecule has 2 rings (SSSR count). The number of benzene rings is 2. The van der Waals surface area contributed by atoms with Crippen molar-refractivity contribution in [2.24, 2.45) is 0 Å². The molecule has 28 heavy (non-hydrogen) atoms. The quantitative estimate of drug-likeness (QED) is 0.632. The molecule has 1 atom stereocenters. The minimum absolute atomic E-state index is 0.115. The van der Waals surface area contributed by atoms with Crippen LogP contribution in [0.4, 0.5) is 0 Å². The van der Waals surface area contributed by atoms with Crippen molar-refractivity contribution in [3.05, 3.63) is 59.2 Å². The summed E-state index contributed by atoms with van der Waals surface area (Å²) in [6.07, 6.45) is 0.180. The van der Waals surface area contributed by atoms with Crippen LogP contribution in [0, 0.1) is 0 Å². The van der Waals surface area contributed by atoms with Crippen LogP contribution in [0.2, 0.25) is 0 Å². The first-order chi connectivity index (χ1) is 13.4. The smallest absolute Gasteiger partial charge is 0.251 e. The summed E-state index contributed by atoms with van der Waals surface area (Å²) in [4.78, 5) is 12.6. The highest BCUT2D eigenvalue weighted by Crippen LogP contribution is 2.30. The van der Waals surface area contributed by atoms with Crippen LogP contribution in [-0.2, 0) is 11.3 Å². The van der Waals surface area contributed by atoms with Crippen molar-refractivity contribution < 1.29 is 19.0 Å². The van der Waals surface area contributed by atoms with Gasteiger partial charge in [0.2, 0.25) is 0 Å².